The number of hydrogen-bond donors (Lipinski definition) is 1. The van der Waals surface area contributed by atoms with Crippen LogP contribution < -0.4 is 5.32 Å². The SMILES string of the molecule is Cc1ccccc1C(=O)N1[C@H](C(=O)NC(C)C)COC12CCN(C(=O)c1cccc(Cl)c1)CC2. The van der Waals surface area contributed by atoms with Crippen molar-refractivity contribution in [3.05, 3.63) is 70.2 Å². The summed E-state index contributed by atoms with van der Waals surface area (Å²) >= 11 is 6.06. The Bertz CT molecular complexity index is 1090. The number of piperidine rings is 1. The molecule has 0 aliphatic carbocycles. The average Bonchev–Trinajstić information content (AvgIpc) is 3.17. The lowest BCUT2D eigenvalue weighted by atomic mass is 9.95. The van der Waals surface area contributed by atoms with Crippen molar-refractivity contribution >= 4 is 29.3 Å². The number of benzene rings is 2. The number of amides is 3. The molecule has 2 heterocycles. The number of aryl methyl sites for hydroxylation is 1. The first-order valence-electron chi connectivity index (χ1n) is 11.6. The summed E-state index contributed by atoms with van der Waals surface area (Å²) in [7, 11) is 0. The summed E-state index contributed by atoms with van der Waals surface area (Å²) in [4.78, 5) is 43.2. The van der Waals surface area contributed by atoms with Gasteiger partial charge in [0, 0.05) is 48.1 Å². The largest absolute Gasteiger partial charge is 0.353 e. The Morgan fingerprint density at radius 2 is 1.76 bits per heavy atom. The van der Waals surface area contributed by atoms with Gasteiger partial charge in [-0.05, 0) is 50.6 Å². The number of halogens is 1. The molecule has 2 fully saturated rings. The van der Waals surface area contributed by atoms with E-state index in [1.807, 2.05) is 39.0 Å². The van der Waals surface area contributed by atoms with Gasteiger partial charge in [0.25, 0.3) is 11.8 Å². The fourth-order valence-electron chi connectivity index (χ4n) is 4.75. The van der Waals surface area contributed by atoms with Gasteiger partial charge in [-0.2, -0.15) is 0 Å². The van der Waals surface area contributed by atoms with Crippen molar-refractivity contribution in [3.63, 3.8) is 0 Å². The molecule has 0 saturated carbocycles. The molecule has 2 aliphatic rings. The highest BCUT2D eigenvalue weighted by atomic mass is 35.5. The van der Waals surface area contributed by atoms with Crippen LogP contribution >= 0.6 is 11.6 Å². The maximum absolute atomic E-state index is 13.8. The minimum atomic E-state index is -0.941. The van der Waals surface area contributed by atoms with Crippen LogP contribution in [0.25, 0.3) is 0 Å². The van der Waals surface area contributed by atoms with Gasteiger partial charge in [-0.15, -0.1) is 0 Å². The Kier molecular flexibility index (Phi) is 6.96. The van der Waals surface area contributed by atoms with Crippen LogP contribution in [0.4, 0.5) is 0 Å². The lowest BCUT2D eigenvalue weighted by molar-refractivity contribution is -0.128. The van der Waals surface area contributed by atoms with Crippen molar-refractivity contribution in [2.45, 2.75) is 51.4 Å². The zero-order valence-electron chi connectivity index (χ0n) is 19.7. The quantitative estimate of drug-likeness (QED) is 0.720. The van der Waals surface area contributed by atoms with Crippen molar-refractivity contribution < 1.29 is 19.1 Å². The van der Waals surface area contributed by atoms with Crippen molar-refractivity contribution in [3.8, 4) is 0 Å². The van der Waals surface area contributed by atoms with E-state index in [1.165, 1.54) is 0 Å². The molecule has 2 aromatic carbocycles. The summed E-state index contributed by atoms with van der Waals surface area (Å²) in [5, 5.41) is 3.43. The van der Waals surface area contributed by atoms with Crippen LogP contribution in [0.3, 0.4) is 0 Å². The third kappa shape index (κ3) is 4.68. The normalized spacial score (nSPS) is 19.5. The van der Waals surface area contributed by atoms with Crippen molar-refractivity contribution in [1.82, 2.24) is 15.1 Å². The summed E-state index contributed by atoms with van der Waals surface area (Å²) in [5.41, 5.74) is 0.972. The molecule has 3 amide bonds. The van der Waals surface area contributed by atoms with Gasteiger partial charge in [-0.1, -0.05) is 35.9 Å². The molecule has 8 heteroatoms. The van der Waals surface area contributed by atoms with Crippen LogP contribution in [0.1, 0.15) is 53.0 Å². The van der Waals surface area contributed by atoms with E-state index in [2.05, 4.69) is 5.32 Å². The Balaban J connectivity index is 1.59. The molecule has 1 atom stereocenters. The van der Waals surface area contributed by atoms with Crippen LogP contribution in [0.15, 0.2) is 48.5 Å². The van der Waals surface area contributed by atoms with E-state index in [0.717, 1.165) is 5.56 Å². The number of rotatable bonds is 4. The second kappa shape index (κ2) is 9.76. The fourth-order valence-corrected chi connectivity index (χ4v) is 4.94. The predicted octanol–water partition coefficient (Wildman–Crippen LogP) is 3.65. The number of carbonyl (C=O) groups is 3. The van der Waals surface area contributed by atoms with Crippen LogP contribution in [-0.2, 0) is 9.53 Å². The van der Waals surface area contributed by atoms with E-state index < -0.39 is 11.8 Å². The molecule has 1 spiro atoms. The first kappa shape index (κ1) is 24.2. The number of carbonyl (C=O) groups excluding carboxylic acids is 3. The molecule has 0 aromatic heterocycles. The summed E-state index contributed by atoms with van der Waals surface area (Å²) in [6.45, 7) is 6.58. The molecule has 0 radical (unpaired) electrons. The van der Waals surface area contributed by atoms with Crippen LogP contribution in [0, 0.1) is 6.92 Å². The minimum absolute atomic E-state index is 0.0587. The van der Waals surface area contributed by atoms with E-state index in [9.17, 15) is 14.4 Å². The number of nitrogens with zero attached hydrogens (tertiary/aromatic N) is 2. The van der Waals surface area contributed by atoms with E-state index in [4.69, 9.17) is 16.3 Å². The van der Waals surface area contributed by atoms with Crippen molar-refractivity contribution in [1.29, 1.82) is 0 Å². The fraction of sp³-hybridized carbons (Fsp3) is 0.423. The second-order valence-electron chi connectivity index (χ2n) is 9.23. The van der Waals surface area contributed by atoms with Gasteiger partial charge in [0.05, 0.1) is 6.61 Å². The summed E-state index contributed by atoms with van der Waals surface area (Å²) in [6, 6.07) is 13.4. The van der Waals surface area contributed by atoms with Gasteiger partial charge >= 0.3 is 0 Å². The van der Waals surface area contributed by atoms with E-state index >= 15 is 0 Å². The van der Waals surface area contributed by atoms with Crippen LogP contribution in [-0.4, -0.2) is 65.0 Å². The molecule has 7 nitrogen and oxygen atoms in total. The molecular formula is C26H30ClN3O4. The number of likely N-dealkylation sites (tertiary alicyclic amines) is 1. The average molecular weight is 484 g/mol. The van der Waals surface area contributed by atoms with E-state index in [1.54, 1.807) is 40.1 Å². The first-order chi connectivity index (χ1) is 16.2. The molecular weight excluding hydrogens is 454 g/mol. The number of nitrogens with one attached hydrogen (secondary N) is 1. The topological polar surface area (TPSA) is 79.0 Å². The molecule has 2 aliphatic heterocycles. The van der Waals surface area contributed by atoms with Crippen molar-refractivity contribution in [2.75, 3.05) is 19.7 Å². The molecule has 2 saturated heterocycles. The maximum atomic E-state index is 13.8. The van der Waals surface area contributed by atoms with Crippen LogP contribution in [0.5, 0.6) is 0 Å². The zero-order valence-corrected chi connectivity index (χ0v) is 20.5. The first-order valence-corrected chi connectivity index (χ1v) is 12.0. The third-order valence-electron chi connectivity index (χ3n) is 6.49. The molecule has 4 rings (SSSR count). The maximum Gasteiger partial charge on any atom is 0.257 e. The van der Waals surface area contributed by atoms with Gasteiger partial charge in [0.1, 0.15) is 11.8 Å². The Hall–Kier alpha value is -2.90. The number of ether oxygens (including phenoxy) is 1. The van der Waals surface area contributed by atoms with Gasteiger partial charge in [0.2, 0.25) is 5.91 Å². The van der Waals surface area contributed by atoms with E-state index in [0.29, 0.717) is 42.1 Å². The summed E-state index contributed by atoms with van der Waals surface area (Å²) < 4.78 is 6.23. The molecule has 1 N–H and O–H groups in total. The zero-order chi connectivity index (χ0) is 24.5. The van der Waals surface area contributed by atoms with Gasteiger partial charge in [0.15, 0.2) is 0 Å². The molecule has 0 bridgehead atoms. The minimum Gasteiger partial charge on any atom is -0.353 e. The summed E-state index contributed by atoms with van der Waals surface area (Å²) in [6.07, 6.45) is 0.838. The molecule has 2 aromatic rings. The highest BCUT2D eigenvalue weighted by Gasteiger charge is 2.54. The van der Waals surface area contributed by atoms with Gasteiger partial charge in [-0.25, -0.2) is 0 Å². The lowest BCUT2D eigenvalue weighted by Gasteiger charge is -2.44. The van der Waals surface area contributed by atoms with E-state index in [-0.39, 0.29) is 30.4 Å². The summed E-state index contributed by atoms with van der Waals surface area (Å²) in [5.74, 6) is -0.568. The monoisotopic (exact) mass is 483 g/mol. The third-order valence-corrected chi connectivity index (χ3v) is 6.73. The Morgan fingerprint density at radius 3 is 2.41 bits per heavy atom. The lowest BCUT2D eigenvalue weighted by Crippen LogP contribution is -2.60. The smallest absolute Gasteiger partial charge is 0.257 e. The van der Waals surface area contributed by atoms with Gasteiger partial charge in [-0.3, -0.25) is 19.3 Å². The number of hydrogen-bond acceptors (Lipinski definition) is 4. The van der Waals surface area contributed by atoms with Crippen LogP contribution in [0.2, 0.25) is 5.02 Å². The Morgan fingerprint density at radius 1 is 1.06 bits per heavy atom. The van der Waals surface area contributed by atoms with Gasteiger partial charge < -0.3 is 15.0 Å². The Labute approximate surface area is 205 Å². The van der Waals surface area contributed by atoms with Crippen molar-refractivity contribution in [2.24, 2.45) is 0 Å². The standard InChI is InChI=1S/C26H30ClN3O4/c1-17(2)28-23(31)22-16-34-26(30(22)25(33)21-10-5-4-7-18(21)3)11-13-29(14-12-26)24(32)19-8-6-9-20(27)15-19/h4-10,15,17,22H,11-14,16H2,1-3H3,(H,28,31)/t22-/m0/s1. The molecule has 0 unspecified atom stereocenters. The highest BCUT2D eigenvalue weighted by molar-refractivity contribution is 6.30. The highest BCUT2D eigenvalue weighted by Crippen LogP contribution is 2.39. The molecule has 34 heavy (non-hydrogen) atoms. The second-order valence-corrected chi connectivity index (χ2v) is 9.67. The molecule has 180 valence electrons. The predicted molar refractivity (Wildman–Crippen MR) is 130 cm³/mol.